The van der Waals surface area contributed by atoms with Gasteiger partial charge in [0.2, 0.25) is 0 Å². The molecule has 18 heavy (non-hydrogen) atoms. The van der Waals surface area contributed by atoms with Crippen LogP contribution in [-0.4, -0.2) is 30.0 Å². The van der Waals surface area contributed by atoms with Gasteiger partial charge in [-0.05, 0) is 44.9 Å². The standard InChI is InChI=1S/C15H31NO2/c1-3-13-8-4-5-9-14(13)18-11-7-6-10-15(2,17)12-16/h13-14,17H,3-12,16H2,1-2H3. The van der Waals surface area contributed by atoms with Gasteiger partial charge in [0.1, 0.15) is 0 Å². The first-order valence-electron chi connectivity index (χ1n) is 7.63. The third-order valence-electron chi connectivity index (χ3n) is 4.25. The van der Waals surface area contributed by atoms with Crippen molar-refractivity contribution in [3.05, 3.63) is 0 Å². The molecule has 0 radical (unpaired) electrons. The Morgan fingerprint density at radius 2 is 2.00 bits per heavy atom. The number of hydrogen-bond donors (Lipinski definition) is 2. The van der Waals surface area contributed by atoms with Gasteiger partial charge in [-0.2, -0.15) is 0 Å². The van der Waals surface area contributed by atoms with Crippen molar-refractivity contribution in [1.29, 1.82) is 0 Å². The Hall–Kier alpha value is -0.120. The fourth-order valence-electron chi connectivity index (χ4n) is 2.80. The van der Waals surface area contributed by atoms with Gasteiger partial charge < -0.3 is 15.6 Å². The minimum absolute atomic E-state index is 0.342. The van der Waals surface area contributed by atoms with E-state index in [-0.39, 0.29) is 0 Å². The lowest BCUT2D eigenvalue weighted by atomic mass is 9.85. The summed E-state index contributed by atoms with van der Waals surface area (Å²) in [6.07, 6.45) is 9.79. The molecule has 1 aliphatic carbocycles. The molecular formula is C15H31NO2. The number of aliphatic hydroxyl groups is 1. The molecule has 1 fully saturated rings. The molecule has 108 valence electrons. The molecule has 3 atom stereocenters. The van der Waals surface area contributed by atoms with Crippen LogP contribution in [0.2, 0.25) is 0 Å². The Bertz CT molecular complexity index is 219. The van der Waals surface area contributed by atoms with Gasteiger partial charge in [-0.15, -0.1) is 0 Å². The molecule has 0 bridgehead atoms. The highest BCUT2D eigenvalue weighted by molar-refractivity contribution is 4.75. The summed E-state index contributed by atoms with van der Waals surface area (Å²) in [5, 5.41) is 9.79. The summed E-state index contributed by atoms with van der Waals surface area (Å²) in [7, 11) is 0. The summed E-state index contributed by atoms with van der Waals surface area (Å²) < 4.78 is 6.02. The fraction of sp³-hybridized carbons (Fsp3) is 1.00. The average molecular weight is 257 g/mol. The number of rotatable bonds is 8. The van der Waals surface area contributed by atoms with Crippen LogP contribution in [0.4, 0.5) is 0 Å². The van der Waals surface area contributed by atoms with Crippen molar-refractivity contribution in [3.8, 4) is 0 Å². The first-order valence-corrected chi connectivity index (χ1v) is 7.63. The van der Waals surface area contributed by atoms with E-state index >= 15 is 0 Å². The third-order valence-corrected chi connectivity index (χ3v) is 4.25. The van der Waals surface area contributed by atoms with E-state index in [0.29, 0.717) is 12.6 Å². The van der Waals surface area contributed by atoms with E-state index in [1.54, 1.807) is 0 Å². The maximum atomic E-state index is 9.79. The lowest BCUT2D eigenvalue weighted by Gasteiger charge is -2.31. The van der Waals surface area contributed by atoms with Crippen LogP contribution in [0.1, 0.15) is 65.2 Å². The van der Waals surface area contributed by atoms with E-state index < -0.39 is 5.60 Å². The van der Waals surface area contributed by atoms with Crippen LogP contribution in [0.15, 0.2) is 0 Å². The molecule has 0 aromatic carbocycles. The fourth-order valence-corrected chi connectivity index (χ4v) is 2.80. The van der Waals surface area contributed by atoms with E-state index in [1.807, 2.05) is 6.92 Å². The molecule has 0 saturated heterocycles. The first-order chi connectivity index (χ1) is 8.59. The van der Waals surface area contributed by atoms with Crippen LogP contribution in [-0.2, 0) is 4.74 Å². The second-order valence-corrected chi connectivity index (χ2v) is 6.02. The minimum atomic E-state index is -0.698. The van der Waals surface area contributed by atoms with Crippen LogP contribution in [0.25, 0.3) is 0 Å². The van der Waals surface area contributed by atoms with E-state index in [1.165, 1.54) is 32.1 Å². The lowest BCUT2D eigenvalue weighted by Crippen LogP contribution is -2.34. The maximum Gasteiger partial charge on any atom is 0.0741 e. The SMILES string of the molecule is CCC1CCCCC1OCCCCC(C)(O)CN. The molecule has 1 aliphatic rings. The second kappa shape index (κ2) is 8.13. The van der Waals surface area contributed by atoms with Gasteiger partial charge in [0.05, 0.1) is 11.7 Å². The molecule has 3 nitrogen and oxygen atoms in total. The summed E-state index contributed by atoms with van der Waals surface area (Å²) in [6.45, 7) is 5.25. The van der Waals surface area contributed by atoms with Gasteiger partial charge in [0.25, 0.3) is 0 Å². The number of nitrogens with two attached hydrogens (primary N) is 1. The van der Waals surface area contributed by atoms with Crippen molar-refractivity contribution in [2.75, 3.05) is 13.2 Å². The maximum absolute atomic E-state index is 9.79. The van der Waals surface area contributed by atoms with Crippen molar-refractivity contribution in [3.63, 3.8) is 0 Å². The number of hydrogen-bond acceptors (Lipinski definition) is 3. The Morgan fingerprint density at radius 1 is 1.28 bits per heavy atom. The molecule has 0 aromatic heterocycles. The van der Waals surface area contributed by atoms with E-state index in [0.717, 1.165) is 31.8 Å². The number of ether oxygens (including phenoxy) is 1. The molecular weight excluding hydrogens is 226 g/mol. The molecule has 1 saturated carbocycles. The van der Waals surface area contributed by atoms with Crippen molar-refractivity contribution < 1.29 is 9.84 Å². The Morgan fingerprint density at radius 3 is 2.67 bits per heavy atom. The van der Waals surface area contributed by atoms with Crippen molar-refractivity contribution in [2.24, 2.45) is 11.7 Å². The Labute approximate surface area is 112 Å². The topological polar surface area (TPSA) is 55.5 Å². The molecule has 0 amide bonds. The molecule has 0 spiro atoms. The van der Waals surface area contributed by atoms with Gasteiger partial charge >= 0.3 is 0 Å². The molecule has 0 aromatic rings. The largest absolute Gasteiger partial charge is 0.389 e. The van der Waals surface area contributed by atoms with Crippen LogP contribution in [0.5, 0.6) is 0 Å². The predicted molar refractivity (Wildman–Crippen MR) is 75.5 cm³/mol. The highest BCUT2D eigenvalue weighted by Crippen LogP contribution is 2.29. The van der Waals surface area contributed by atoms with Gasteiger partial charge in [0.15, 0.2) is 0 Å². The molecule has 0 heterocycles. The van der Waals surface area contributed by atoms with Crippen LogP contribution in [0.3, 0.4) is 0 Å². The Kier molecular flexibility index (Phi) is 7.20. The summed E-state index contributed by atoms with van der Waals surface area (Å²) in [6, 6.07) is 0. The molecule has 1 rings (SSSR count). The zero-order valence-electron chi connectivity index (χ0n) is 12.2. The molecule has 3 heteroatoms. The van der Waals surface area contributed by atoms with Crippen LogP contribution >= 0.6 is 0 Å². The van der Waals surface area contributed by atoms with E-state index in [9.17, 15) is 5.11 Å². The Balaban J connectivity index is 2.09. The molecule has 3 unspecified atom stereocenters. The van der Waals surface area contributed by atoms with Crippen LogP contribution < -0.4 is 5.73 Å². The summed E-state index contributed by atoms with van der Waals surface area (Å²) in [5.41, 5.74) is 4.80. The van der Waals surface area contributed by atoms with Crippen molar-refractivity contribution >= 4 is 0 Å². The van der Waals surface area contributed by atoms with Gasteiger partial charge in [0, 0.05) is 13.2 Å². The van der Waals surface area contributed by atoms with Gasteiger partial charge in [-0.1, -0.05) is 26.2 Å². The highest BCUT2D eigenvalue weighted by atomic mass is 16.5. The van der Waals surface area contributed by atoms with Crippen LogP contribution in [0, 0.1) is 5.92 Å². The quantitative estimate of drug-likeness (QED) is 0.657. The molecule has 3 N–H and O–H groups in total. The average Bonchev–Trinajstić information content (AvgIpc) is 2.38. The summed E-state index contributed by atoms with van der Waals surface area (Å²) in [4.78, 5) is 0. The zero-order valence-corrected chi connectivity index (χ0v) is 12.2. The summed E-state index contributed by atoms with van der Waals surface area (Å²) >= 11 is 0. The van der Waals surface area contributed by atoms with Crippen molar-refractivity contribution in [1.82, 2.24) is 0 Å². The normalized spacial score (nSPS) is 28.0. The minimum Gasteiger partial charge on any atom is -0.389 e. The van der Waals surface area contributed by atoms with E-state index in [2.05, 4.69) is 6.92 Å². The van der Waals surface area contributed by atoms with Gasteiger partial charge in [-0.25, -0.2) is 0 Å². The monoisotopic (exact) mass is 257 g/mol. The second-order valence-electron chi connectivity index (χ2n) is 6.02. The third kappa shape index (κ3) is 5.68. The predicted octanol–water partition coefficient (Wildman–Crippen LogP) is 2.85. The molecule has 0 aliphatic heterocycles. The zero-order chi connectivity index (χ0) is 13.4. The smallest absolute Gasteiger partial charge is 0.0741 e. The van der Waals surface area contributed by atoms with Crippen molar-refractivity contribution in [2.45, 2.75) is 76.9 Å². The lowest BCUT2D eigenvalue weighted by molar-refractivity contribution is -0.0159. The highest BCUT2D eigenvalue weighted by Gasteiger charge is 2.24. The van der Waals surface area contributed by atoms with E-state index in [4.69, 9.17) is 10.5 Å². The van der Waals surface area contributed by atoms with Gasteiger partial charge in [-0.3, -0.25) is 0 Å². The summed E-state index contributed by atoms with van der Waals surface area (Å²) in [5.74, 6) is 0.769. The first kappa shape index (κ1) is 15.9. The number of unbranched alkanes of at least 4 members (excludes halogenated alkanes) is 1.